The van der Waals surface area contributed by atoms with Crippen LogP contribution >= 0.6 is 63.7 Å². The number of rotatable bonds is 3. The molecule has 2 spiro atoms. The summed E-state index contributed by atoms with van der Waals surface area (Å²) in [7, 11) is 0. The maximum atomic E-state index is 12.6. The van der Waals surface area contributed by atoms with E-state index >= 15 is 0 Å². The van der Waals surface area contributed by atoms with Crippen molar-refractivity contribution < 1.29 is 19.2 Å². The lowest BCUT2D eigenvalue weighted by molar-refractivity contribution is -0.161. The zero-order valence-electron chi connectivity index (χ0n) is 15.4. The molecule has 2 N–H and O–H groups in total. The number of hydrogen-bond acceptors (Lipinski definition) is 4. The van der Waals surface area contributed by atoms with Crippen LogP contribution < -0.4 is 10.6 Å². The second-order valence-electron chi connectivity index (χ2n) is 9.48. The van der Waals surface area contributed by atoms with Crippen molar-refractivity contribution >= 4 is 87.3 Å². The minimum atomic E-state index is -1.13. The molecule has 6 nitrogen and oxygen atoms in total. The average molecular weight is 668 g/mol. The van der Waals surface area contributed by atoms with Gasteiger partial charge in [0.05, 0.1) is 0 Å². The molecule has 30 heavy (non-hydrogen) atoms. The smallest absolute Gasteiger partial charge is 0.245 e. The lowest BCUT2D eigenvalue weighted by Crippen LogP contribution is -2.73. The van der Waals surface area contributed by atoms with E-state index in [1.165, 1.54) is 0 Å². The molecule has 4 amide bonds. The summed E-state index contributed by atoms with van der Waals surface area (Å²) < 4.78 is -1.75. The van der Waals surface area contributed by atoms with Crippen LogP contribution in [0.4, 0.5) is 0 Å². The molecule has 0 aromatic heterocycles. The first-order valence-electron chi connectivity index (χ1n) is 9.79. The second kappa shape index (κ2) is 5.42. The fourth-order valence-electron chi connectivity index (χ4n) is 7.03. The Hall–Kier alpha value is -0.320. The number of nitrogens with one attached hydrogen (secondary N) is 2. The average Bonchev–Trinajstić information content (AvgIpc) is 3.34. The van der Waals surface area contributed by atoms with Gasteiger partial charge in [-0.05, 0) is 25.7 Å². The van der Waals surface area contributed by atoms with Gasteiger partial charge in [-0.1, -0.05) is 88.0 Å². The van der Waals surface area contributed by atoms with Crippen LogP contribution in [0.3, 0.4) is 0 Å². The fraction of sp³-hybridized carbons (Fsp3) is 0.600. The number of fused-ring (bicyclic) bond motifs is 6. The van der Waals surface area contributed by atoms with Gasteiger partial charge in [-0.3, -0.25) is 29.8 Å². The highest BCUT2D eigenvalue weighted by Crippen LogP contribution is 2.78. The van der Waals surface area contributed by atoms with Gasteiger partial charge in [-0.25, -0.2) is 0 Å². The van der Waals surface area contributed by atoms with E-state index in [0.717, 1.165) is 0 Å². The van der Waals surface area contributed by atoms with Gasteiger partial charge in [0.25, 0.3) is 0 Å². The summed E-state index contributed by atoms with van der Waals surface area (Å²) in [4.78, 5) is 50.3. The maximum Gasteiger partial charge on any atom is 0.245 e. The molecular weight excluding hydrogens is 652 g/mol. The van der Waals surface area contributed by atoms with Gasteiger partial charge in [0.1, 0.15) is 6.47 Å². The van der Waals surface area contributed by atoms with Crippen molar-refractivity contribution in [2.24, 2.45) is 33.5 Å². The molecule has 4 bridgehead atoms. The van der Waals surface area contributed by atoms with Gasteiger partial charge >= 0.3 is 0 Å². The third-order valence-corrected chi connectivity index (χ3v) is 14.4. The summed E-state index contributed by atoms with van der Waals surface area (Å²) in [6.45, 7) is 0. The van der Waals surface area contributed by atoms with E-state index < -0.39 is 28.1 Å². The van der Waals surface area contributed by atoms with Crippen LogP contribution in [0.2, 0.25) is 0 Å². The van der Waals surface area contributed by atoms with Crippen molar-refractivity contribution in [3.8, 4) is 0 Å². The summed E-state index contributed by atoms with van der Waals surface area (Å²) in [6, 6.07) is 0. The largest absolute Gasteiger partial charge is 0.294 e. The maximum absolute atomic E-state index is 12.6. The second-order valence-corrected chi connectivity index (χ2v) is 16.4. The minimum Gasteiger partial charge on any atom is -0.294 e. The Morgan fingerprint density at radius 3 is 1.30 bits per heavy atom. The number of allylic oxidation sites excluding steroid dienone is 4. The third-order valence-electron chi connectivity index (χ3n) is 8.72. The third kappa shape index (κ3) is 1.67. The Kier molecular flexibility index (Phi) is 3.67. The van der Waals surface area contributed by atoms with Crippen molar-refractivity contribution in [1.82, 2.24) is 10.6 Å². The summed E-state index contributed by atoms with van der Waals surface area (Å²) in [5.41, 5.74) is -3.14. The van der Waals surface area contributed by atoms with Crippen LogP contribution in [0.25, 0.3) is 0 Å². The van der Waals surface area contributed by atoms with Crippen molar-refractivity contribution in [3.63, 3.8) is 0 Å². The van der Waals surface area contributed by atoms with Gasteiger partial charge in [-0.15, -0.1) is 0 Å². The van der Waals surface area contributed by atoms with E-state index in [4.69, 9.17) is 0 Å². The van der Waals surface area contributed by atoms with Crippen molar-refractivity contribution in [2.45, 2.75) is 32.2 Å². The van der Waals surface area contributed by atoms with E-state index in [-0.39, 0.29) is 35.5 Å². The van der Waals surface area contributed by atoms with E-state index in [1.807, 2.05) is 12.2 Å². The molecule has 4 aliphatic carbocycles. The summed E-state index contributed by atoms with van der Waals surface area (Å²) in [6.07, 6.45) is 11.0. The van der Waals surface area contributed by atoms with Gasteiger partial charge in [0, 0.05) is 22.7 Å². The lowest BCUT2D eigenvalue weighted by Gasteiger charge is -2.53. The van der Waals surface area contributed by atoms with Crippen LogP contribution in [0.15, 0.2) is 24.3 Å². The molecule has 6 aliphatic rings. The summed E-state index contributed by atoms with van der Waals surface area (Å²) in [5.74, 6) is -1.31. The van der Waals surface area contributed by atoms with Crippen LogP contribution in [-0.2, 0) is 19.2 Å². The summed E-state index contributed by atoms with van der Waals surface area (Å²) in [5, 5.41) is 4.78. The number of carbonyl (C=O) groups is 4. The molecular formula is C20H16Br4N2O4. The zero-order valence-corrected chi connectivity index (χ0v) is 21.8. The quantitative estimate of drug-likeness (QED) is 0.210. The number of halogens is 4. The van der Waals surface area contributed by atoms with Gasteiger partial charge in [0.15, 0.2) is 10.8 Å². The lowest BCUT2D eigenvalue weighted by atomic mass is 9.64. The van der Waals surface area contributed by atoms with Crippen LogP contribution in [0, 0.1) is 33.5 Å². The minimum absolute atomic E-state index is 0.159. The molecule has 6 rings (SSSR count). The van der Waals surface area contributed by atoms with Crippen LogP contribution in [0.1, 0.15) is 25.7 Å². The van der Waals surface area contributed by atoms with Crippen LogP contribution in [0.5, 0.6) is 0 Å². The van der Waals surface area contributed by atoms with E-state index in [0.29, 0.717) is 25.7 Å². The molecule has 0 aromatic rings. The Morgan fingerprint density at radius 1 is 0.700 bits per heavy atom. The van der Waals surface area contributed by atoms with E-state index in [2.05, 4.69) is 86.5 Å². The van der Waals surface area contributed by atoms with Gasteiger partial charge < -0.3 is 0 Å². The number of β-lactam (4-membered cyclic amide) rings is 4. The molecule has 2 saturated heterocycles. The van der Waals surface area contributed by atoms with Crippen molar-refractivity contribution in [3.05, 3.63) is 24.3 Å². The first-order chi connectivity index (χ1) is 13.9. The monoisotopic (exact) mass is 664 g/mol. The highest BCUT2D eigenvalue weighted by Gasteiger charge is 2.83. The van der Waals surface area contributed by atoms with Crippen molar-refractivity contribution in [2.75, 3.05) is 0 Å². The molecule has 2 saturated carbocycles. The number of alkyl halides is 4. The number of hydrogen-bond donors (Lipinski definition) is 2. The predicted molar refractivity (Wildman–Crippen MR) is 121 cm³/mol. The fourth-order valence-corrected chi connectivity index (χ4v) is 11.6. The van der Waals surface area contributed by atoms with E-state index in [1.54, 1.807) is 0 Å². The molecule has 4 atom stereocenters. The number of amides is 4. The Balaban J connectivity index is 1.35. The molecule has 158 valence electrons. The molecule has 2 aliphatic heterocycles. The topological polar surface area (TPSA) is 92.3 Å². The number of imide groups is 2. The SMILES string of the molecule is O=C1NC(=O)C12C1C=CC(CCC34C=CC(C3)C3(C(=O)NC3=O)C4(Br)Br)(C1)C2(Br)Br. The van der Waals surface area contributed by atoms with Crippen molar-refractivity contribution in [1.29, 1.82) is 0 Å². The molecule has 10 heteroatoms. The molecule has 4 fully saturated rings. The number of carbonyl (C=O) groups excluding carboxylic acids is 4. The standard InChI is InChI=1S/C20H16Br4N2O4/c21-19(22)15(3-1-9(7-15)17(19)11(27)25-12(17)28)5-6-16-4-2-10(8-16)18(20(16,23)24)13(29)26-14(18)30/h1-4,9-10H,5-8H2,(H,25,27,28)(H,26,29,30). The Morgan fingerprint density at radius 2 is 1.03 bits per heavy atom. The normalized spacial score (nSPS) is 43.9. The molecule has 4 unspecified atom stereocenters. The molecule has 2 heterocycles. The summed E-state index contributed by atoms with van der Waals surface area (Å²) >= 11 is 15.0. The molecule has 0 radical (unpaired) electrons. The zero-order chi connectivity index (χ0) is 21.5. The van der Waals surface area contributed by atoms with Gasteiger partial charge in [0.2, 0.25) is 23.6 Å². The molecule has 0 aromatic carbocycles. The Bertz CT molecular complexity index is 939. The first kappa shape index (κ1) is 20.3. The van der Waals surface area contributed by atoms with Crippen LogP contribution in [-0.4, -0.2) is 30.1 Å². The highest BCUT2D eigenvalue weighted by atomic mass is 79.9. The van der Waals surface area contributed by atoms with Gasteiger partial charge in [-0.2, -0.15) is 0 Å². The first-order valence-corrected chi connectivity index (χ1v) is 13.0. The highest BCUT2D eigenvalue weighted by molar-refractivity contribution is 9.25. The predicted octanol–water partition coefficient (Wildman–Crippen LogP) is 3.18. The van der Waals surface area contributed by atoms with E-state index in [9.17, 15) is 19.2 Å². The Labute approximate surface area is 205 Å².